The zero-order chi connectivity index (χ0) is 15.7. The summed E-state index contributed by atoms with van der Waals surface area (Å²) in [4.78, 5) is 12.6. The van der Waals surface area contributed by atoms with Gasteiger partial charge in [0.05, 0.1) is 5.56 Å². The van der Waals surface area contributed by atoms with Crippen LogP contribution < -0.4 is 5.32 Å². The first kappa shape index (κ1) is 15.9. The Kier molecular flexibility index (Phi) is 4.31. The molecule has 1 aliphatic rings. The van der Waals surface area contributed by atoms with Crippen molar-refractivity contribution in [1.82, 2.24) is 5.32 Å². The van der Waals surface area contributed by atoms with Crippen molar-refractivity contribution in [3.63, 3.8) is 0 Å². The molecule has 0 heterocycles. The minimum atomic E-state index is -0.245. The Labute approximate surface area is 127 Å². The highest BCUT2D eigenvalue weighted by molar-refractivity contribution is 5.97. The summed E-state index contributed by atoms with van der Waals surface area (Å²) in [6.07, 6.45) is 4.48. The second-order valence-corrected chi connectivity index (χ2v) is 7.02. The third-order valence-electron chi connectivity index (χ3n) is 5.70. The van der Waals surface area contributed by atoms with Crippen molar-refractivity contribution in [2.45, 2.75) is 58.9 Å². The highest BCUT2D eigenvalue weighted by Gasteiger charge is 2.48. The van der Waals surface area contributed by atoms with Gasteiger partial charge in [-0.2, -0.15) is 0 Å². The van der Waals surface area contributed by atoms with Gasteiger partial charge in [-0.05, 0) is 43.2 Å². The summed E-state index contributed by atoms with van der Waals surface area (Å²) in [6, 6.07) is 6.72. The molecule has 21 heavy (non-hydrogen) atoms. The molecule has 1 saturated carbocycles. The number of amides is 1. The first-order valence-electron chi connectivity index (χ1n) is 7.92. The summed E-state index contributed by atoms with van der Waals surface area (Å²) in [7, 11) is 0. The van der Waals surface area contributed by atoms with Gasteiger partial charge >= 0.3 is 0 Å². The number of aromatic hydroxyl groups is 1. The predicted molar refractivity (Wildman–Crippen MR) is 85.4 cm³/mol. The molecule has 1 aromatic rings. The average Bonchev–Trinajstić information content (AvgIpc) is 2.42. The van der Waals surface area contributed by atoms with Gasteiger partial charge in [-0.3, -0.25) is 4.79 Å². The topological polar surface area (TPSA) is 49.3 Å². The van der Waals surface area contributed by atoms with Crippen LogP contribution in [0.1, 0.15) is 63.7 Å². The van der Waals surface area contributed by atoms with E-state index in [9.17, 15) is 9.90 Å². The van der Waals surface area contributed by atoms with Crippen molar-refractivity contribution in [2.24, 2.45) is 11.3 Å². The summed E-state index contributed by atoms with van der Waals surface area (Å²) < 4.78 is 0. The molecule has 2 N–H and O–H groups in total. The molecule has 1 amide bonds. The molecule has 2 atom stereocenters. The molecule has 116 valence electrons. The van der Waals surface area contributed by atoms with Gasteiger partial charge in [0.15, 0.2) is 0 Å². The van der Waals surface area contributed by atoms with Crippen LogP contribution in [0.25, 0.3) is 0 Å². The third-order valence-corrected chi connectivity index (χ3v) is 5.70. The van der Waals surface area contributed by atoms with Crippen LogP contribution >= 0.6 is 0 Å². The standard InChI is InChI=1S/C18H27NO2/c1-5-13-9-8-12-18(4,17(13,2)3)19-16(21)14-10-6-7-11-15(14)20/h6-7,10-11,13,20H,5,8-9,12H2,1-4H3,(H,19,21). The van der Waals surface area contributed by atoms with Crippen LogP contribution in [0.4, 0.5) is 0 Å². The number of carbonyl (C=O) groups is 1. The minimum Gasteiger partial charge on any atom is -0.507 e. The van der Waals surface area contributed by atoms with Gasteiger partial charge in [0.1, 0.15) is 5.75 Å². The summed E-state index contributed by atoms with van der Waals surface area (Å²) in [5.74, 6) is 0.473. The number of benzene rings is 1. The van der Waals surface area contributed by atoms with Crippen LogP contribution in [0.15, 0.2) is 24.3 Å². The molecule has 2 rings (SSSR count). The Morgan fingerprint density at radius 2 is 2.00 bits per heavy atom. The molecule has 3 nitrogen and oxygen atoms in total. The molecule has 0 radical (unpaired) electrons. The average molecular weight is 289 g/mol. The number of para-hydroxylation sites is 1. The lowest BCUT2D eigenvalue weighted by Crippen LogP contribution is -2.60. The van der Waals surface area contributed by atoms with Crippen LogP contribution in [0, 0.1) is 11.3 Å². The van der Waals surface area contributed by atoms with E-state index in [1.165, 1.54) is 6.42 Å². The van der Waals surface area contributed by atoms with E-state index in [2.05, 4.69) is 33.0 Å². The Morgan fingerprint density at radius 3 is 2.62 bits per heavy atom. The fourth-order valence-electron chi connectivity index (χ4n) is 3.76. The predicted octanol–water partition coefficient (Wildman–Crippen LogP) is 4.12. The van der Waals surface area contributed by atoms with Gasteiger partial charge in [0.2, 0.25) is 0 Å². The van der Waals surface area contributed by atoms with E-state index in [1.807, 2.05) is 0 Å². The molecule has 0 aromatic heterocycles. The van der Waals surface area contributed by atoms with Crippen LogP contribution in [0.2, 0.25) is 0 Å². The second-order valence-electron chi connectivity index (χ2n) is 7.02. The highest BCUT2D eigenvalue weighted by atomic mass is 16.3. The van der Waals surface area contributed by atoms with E-state index in [4.69, 9.17) is 0 Å². The Hall–Kier alpha value is -1.51. The van der Waals surface area contributed by atoms with Gasteiger partial charge in [-0.1, -0.05) is 45.7 Å². The molecule has 3 heteroatoms. The van der Waals surface area contributed by atoms with Crippen LogP contribution in [0.3, 0.4) is 0 Å². The van der Waals surface area contributed by atoms with Gasteiger partial charge < -0.3 is 10.4 Å². The van der Waals surface area contributed by atoms with Crippen LogP contribution in [0.5, 0.6) is 5.75 Å². The smallest absolute Gasteiger partial charge is 0.255 e. The zero-order valence-electron chi connectivity index (χ0n) is 13.6. The Balaban J connectivity index is 2.24. The van der Waals surface area contributed by atoms with E-state index < -0.39 is 0 Å². The van der Waals surface area contributed by atoms with E-state index in [1.54, 1.807) is 24.3 Å². The van der Waals surface area contributed by atoms with Gasteiger partial charge in [-0.25, -0.2) is 0 Å². The molecule has 2 unspecified atom stereocenters. The Bertz CT molecular complexity index is 524. The molecular formula is C18H27NO2. The number of phenols is 1. The van der Waals surface area contributed by atoms with Gasteiger partial charge in [-0.15, -0.1) is 0 Å². The molecule has 1 fully saturated rings. The third kappa shape index (κ3) is 2.78. The molecular weight excluding hydrogens is 262 g/mol. The maximum Gasteiger partial charge on any atom is 0.255 e. The first-order chi connectivity index (χ1) is 9.82. The number of nitrogens with one attached hydrogen (secondary N) is 1. The molecule has 0 spiro atoms. The zero-order valence-corrected chi connectivity index (χ0v) is 13.6. The van der Waals surface area contributed by atoms with Crippen LogP contribution in [-0.4, -0.2) is 16.6 Å². The van der Waals surface area contributed by atoms with Crippen molar-refractivity contribution in [1.29, 1.82) is 0 Å². The highest BCUT2D eigenvalue weighted by Crippen LogP contribution is 2.49. The molecule has 1 aliphatic carbocycles. The monoisotopic (exact) mass is 289 g/mol. The summed E-state index contributed by atoms with van der Waals surface area (Å²) in [5, 5.41) is 13.1. The summed E-state index contributed by atoms with van der Waals surface area (Å²) in [6.45, 7) is 8.88. The molecule has 0 aliphatic heterocycles. The number of rotatable bonds is 3. The van der Waals surface area contributed by atoms with Crippen molar-refractivity contribution < 1.29 is 9.90 Å². The number of hydrogen-bond acceptors (Lipinski definition) is 2. The SMILES string of the molecule is CCC1CCCC(C)(NC(=O)c2ccccc2O)C1(C)C. The molecule has 0 saturated heterocycles. The minimum absolute atomic E-state index is 0.0410. The van der Waals surface area contributed by atoms with Crippen molar-refractivity contribution in [3.05, 3.63) is 29.8 Å². The lowest BCUT2D eigenvalue weighted by molar-refractivity contribution is 0.0145. The van der Waals surface area contributed by atoms with Crippen molar-refractivity contribution in [2.75, 3.05) is 0 Å². The quantitative estimate of drug-likeness (QED) is 0.879. The maximum absolute atomic E-state index is 12.6. The molecule has 0 bridgehead atoms. The van der Waals surface area contributed by atoms with E-state index in [0.717, 1.165) is 19.3 Å². The van der Waals surface area contributed by atoms with E-state index in [-0.39, 0.29) is 22.6 Å². The number of phenolic OH excluding ortho intramolecular Hbond substituents is 1. The fraction of sp³-hybridized carbons (Fsp3) is 0.611. The number of hydrogen-bond donors (Lipinski definition) is 2. The normalized spacial score (nSPS) is 28.1. The van der Waals surface area contributed by atoms with Crippen molar-refractivity contribution >= 4 is 5.91 Å². The van der Waals surface area contributed by atoms with E-state index >= 15 is 0 Å². The van der Waals surface area contributed by atoms with Crippen LogP contribution in [-0.2, 0) is 0 Å². The lowest BCUT2D eigenvalue weighted by Gasteiger charge is -2.53. The summed E-state index contributed by atoms with van der Waals surface area (Å²) in [5.41, 5.74) is 0.152. The van der Waals surface area contributed by atoms with Crippen molar-refractivity contribution in [3.8, 4) is 5.75 Å². The first-order valence-corrected chi connectivity index (χ1v) is 7.92. The van der Waals surface area contributed by atoms with Gasteiger partial charge in [0.25, 0.3) is 5.91 Å². The largest absolute Gasteiger partial charge is 0.507 e. The lowest BCUT2D eigenvalue weighted by atomic mass is 9.57. The fourth-order valence-corrected chi connectivity index (χ4v) is 3.76. The summed E-state index contributed by atoms with van der Waals surface area (Å²) >= 11 is 0. The Morgan fingerprint density at radius 1 is 1.33 bits per heavy atom. The molecule has 1 aromatic carbocycles. The van der Waals surface area contributed by atoms with E-state index in [0.29, 0.717) is 11.5 Å². The maximum atomic E-state index is 12.6. The number of carbonyl (C=O) groups excluding carboxylic acids is 1. The second kappa shape index (κ2) is 5.70. The van der Waals surface area contributed by atoms with Gasteiger partial charge in [0, 0.05) is 5.54 Å².